The molecule has 1 atom stereocenters. The molecule has 0 radical (unpaired) electrons. The molecule has 0 aliphatic carbocycles. The van der Waals surface area contributed by atoms with E-state index in [9.17, 15) is 4.79 Å². The van der Waals surface area contributed by atoms with Crippen LogP contribution in [0.3, 0.4) is 0 Å². The minimum absolute atomic E-state index is 0.00728. The fourth-order valence-electron chi connectivity index (χ4n) is 1.46. The van der Waals surface area contributed by atoms with Crippen molar-refractivity contribution in [2.45, 2.75) is 24.7 Å². The molecule has 17 heavy (non-hydrogen) atoms. The number of carbonyl (C=O) groups is 1. The summed E-state index contributed by atoms with van der Waals surface area (Å²) < 4.78 is 0. The molecule has 1 rings (SSSR count). The number of anilines is 1. The van der Waals surface area contributed by atoms with E-state index in [2.05, 4.69) is 26.1 Å². The van der Waals surface area contributed by atoms with Gasteiger partial charge in [-0.3, -0.25) is 4.79 Å². The van der Waals surface area contributed by atoms with E-state index in [-0.39, 0.29) is 10.7 Å². The lowest BCUT2D eigenvalue weighted by Gasteiger charge is -2.11. The van der Waals surface area contributed by atoms with E-state index in [4.69, 9.17) is 0 Å². The summed E-state index contributed by atoms with van der Waals surface area (Å²) in [6.07, 6.45) is 0.782. The van der Waals surface area contributed by atoms with Gasteiger partial charge in [0, 0.05) is 12.2 Å². The SMILES string of the molecule is CCC(Br)C(=O)Nc1ccc(CN(C)C)cc1. The van der Waals surface area contributed by atoms with Crippen molar-refractivity contribution >= 4 is 27.5 Å². The molecule has 0 bridgehead atoms. The summed E-state index contributed by atoms with van der Waals surface area (Å²) in [5.74, 6) is 0.00728. The molecule has 94 valence electrons. The molecule has 1 amide bonds. The quantitative estimate of drug-likeness (QED) is 0.848. The first-order valence-corrected chi connectivity index (χ1v) is 6.63. The minimum Gasteiger partial charge on any atom is -0.325 e. The average molecular weight is 299 g/mol. The molecule has 0 aromatic heterocycles. The zero-order valence-electron chi connectivity index (χ0n) is 10.5. The number of halogens is 1. The third kappa shape index (κ3) is 4.88. The van der Waals surface area contributed by atoms with Crippen molar-refractivity contribution in [3.05, 3.63) is 29.8 Å². The Hall–Kier alpha value is -0.870. The fraction of sp³-hybridized carbons (Fsp3) is 0.462. The fourth-order valence-corrected chi connectivity index (χ4v) is 1.58. The van der Waals surface area contributed by atoms with Crippen molar-refractivity contribution in [2.75, 3.05) is 19.4 Å². The van der Waals surface area contributed by atoms with Crippen molar-refractivity contribution in [1.82, 2.24) is 4.90 Å². The minimum atomic E-state index is -0.121. The lowest BCUT2D eigenvalue weighted by atomic mass is 10.2. The van der Waals surface area contributed by atoms with E-state index in [0.717, 1.165) is 18.7 Å². The maximum absolute atomic E-state index is 11.6. The van der Waals surface area contributed by atoms with Crippen LogP contribution in [0.4, 0.5) is 5.69 Å². The predicted octanol–water partition coefficient (Wildman–Crippen LogP) is 2.86. The number of benzene rings is 1. The first-order chi connectivity index (χ1) is 8.02. The second-order valence-corrected chi connectivity index (χ2v) is 5.41. The highest BCUT2D eigenvalue weighted by molar-refractivity contribution is 9.10. The van der Waals surface area contributed by atoms with E-state index >= 15 is 0 Å². The van der Waals surface area contributed by atoms with E-state index in [0.29, 0.717) is 0 Å². The van der Waals surface area contributed by atoms with Gasteiger partial charge in [0.05, 0.1) is 4.83 Å². The molecule has 0 heterocycles. The second kappa shape index (κ2) is 6.77. The van der Waals surface area contributed by atoms with Gasteiger partial charge in [0.2, 0.25) is 5.91 Å². The standard InChI is InChI=1S/C13H19BrN2O/c1-4-12(14)13(17)15-11-7-5-10(6-8-11)9-16(2)3/h5-8,12H,4,9H2,1-3H3,(H,15,17). The predicted molar refractivity (Wildman–Crippen MR) is 75.5 cm³/mol. The average Bonchev–Trinajstić information content (AvgIpc) is 2.30. The van der Waals surface area contributed by atoms with Gasteiger partial charge in [0.25, 0.3) is 0 Å². The van der Waals surface area contributed by atoms with Gasteiger partial charge >= 0.3 is 0 Å². The first-order valence-electron chi connectivity index (χ1n) is 5.71. The van der Waals surface area contributed by atoms with E-state index in [1.165, 1.54) is 5.56 Å². The summed E-state index contributed by atoms with van der Waals surface area (Å²) in [7, 11) is 4.07. The largest absolute Gasteiger partial charge is 0.325 e. The first kappa shape index (κ1) is 14.2. The molecular formula is C13H19BrN2O. The van der Waals surface area contributed by atoms with Crippen molar-refractivity contribution < 1.29 is 4.79 Å². The zero-order chi connectivity index (χ0) is 12.8. The van der Waals surface area contributed by atoms with Gasteiger partial charge in [0.1, 0.15) is 0 Å². The summed E-state index contributed by atoms with van der Waals surface area (Å²) >= 11 is 3.33. The maximum Gasteiger partial charge on any atom is 0.238 e. The van der Waals surface area contributed by atoms with E-state index < -0.39 is 0 Å². The molecule has 0 fully saturated rings. The molecule has 3 nitrogen and oxygen atoms in total. The third-order valence-corrected chi connectivity index (χ3v) is 3.43. The number of nitrogens with one attached hydrogen (secondary N) is 1. The number of nitrogens with zero attached hydrogens (tertiary/aromatic N) is 1. The topological polar surface area (TPSA) is 32.3 Å². The molecule has 0 saturated carbocycles. The zero-order valence-corrected chi connectivity index (χ0v) is 12.1. The number of rotatable bonds is 5. The summed E-state index contributed by atoms with van der Waals surface area (Å²) in [5, 5.41) is 2.87. The molecule has 1 unspecified atom stereocenters. The smallest absolute Gasteiger partial charge is 0.238 e. The van der Waals surface area contributed by atoms with Crippen LogP contribution in [0.15, 0.2) is 24.3 Å². The Labute approximate surface area is 111 Å². The number of carbonyl (C=O) groups excluding carboxylic acids is 1. The third-order valence-electron chi connectivity index (χ3n) is 2.36. The highest BCUT2D eigenvalue weighted by Crippen LogP contribution is 2.13. The monoisotopic (exact) mass is 298 g/mol. The molecule has 0 aliphatic heterocycles. The van der Waals surface area contributed by atoms with Gasteiger partial charge < -0.3 is 10.2 Å². The van der Waals surface area contributed by atoms with Crippen LogP contribution < -0.4 is 5.32 Å². The summed E-state index contributed by atoms with van der Waals surface area (Å²) in [5.41, 5.74) is 2.08. The van der Waals surface area contributed by atoms with Gasteiger partial charge in [0.15, 0.2) is 0 Å². The second-order valence-electron chi connectivity index (χ2n) is 4.30. The van der Waals surface area contributed by atoms with Gasteiger partial charge in [-0.2, -0.15) is 0 Å². The molecule has 1 aromatic carbocycles. The van der Waals surface area contributed by atoms with Crippen LogP contribution in [0.5, 0.6) is 0 Å². The summed E-state index contributed by atoms with van der Waals surface area (Å²) in [4.78, 5) is 13.6. The number of alkyl halides is 1. The highest BCUT2D eigenvalue weighted by atomic mass is 79.9. The van der Waals surface area contributed by atoms with Crippen LogP contribution in [-0.2, 0) is 11.3 Å². The summed E-state index contributed by atoms with van der Waals surface area (Å²) in [6, 6.07) is 7.94. The lowest BCUT2D eigenvalue weighted by molar-refractivity contribution is -0.115. The van der Waals surface area contributed by atoms with Gasteiger partial charge in [-0.15, -0.1) is 0 Å². The Bertz CT molecular complexity index is 362. The molecule has 1 N–H and O–H groups in total. The van der Waals surface area contributed by atoms with Crippen molar-refractivity contribution in [3.63, 3.8) is 0 Å². The van der Waals surface area contributed by atoms with Crippen molar-refractivity contribution in [2.24, 2.45) is 0 Å². The maximum atomic E-state index is 11.6. The number of hydrogen-bond donors (Lipinski definition) is 1. The van der Waals surface area contributed by atoms with Crippen LogP contribution in [0.1, 0.15) is 18.9 Å². The Morgan fingerprint density at radius 1 is 1.35 bits per heavy atom. The molecule has 0 spiro atoms. The van der Waals surface area contributed by atoms with Gasteiger partial charge in [-0.25, -0.2) is 0 Å². The highest BCUT2D eigenvalue weighted by Gasteiger charge is 2.11. The van der Waals surface area contributed by atoms with Crippen LogP contribution in [0.25, 0.3) is 0 Å². The molecule has 1 aromatic rings. The molecular weight excluding hydrogens is 280 g/mol. The van der Waals surface area contributed by atoms with Crippen LogP contribution in [-0.4, -0.2) is 29.7 Å². The lowest BCUT2D eigenvalue weighted by Crippen LogP contribution is -2.21. The molecule has 4 heteroatoms. The normalized spacial score (nSPS) is 12.5. The summed E-state index contributed by atoms with van der Waals surface area (Å²) in [6.45, 7) is 2.88. The van der Waals surface area contributed by atoms with E-state index in [1.54, 1.807) is 0 Å². The van der Waals surface area contributed by atoms with Gasteiger partial charge in [-0.1, -0.05) is 35.0 Å². The Morgan fingerprint density at radius 3 is 2.41 bits per heavy atom. The molecule has 0 saturated heterocycles. The van der Waals surface area contributed by atoms with E-state index in [1.807, 2.05) is 45.3 Å². The van der Waals surface area contributed by atoms with Crippen LogP contribution >= 0.6 is 15.9 Å². The Balaban J connectivity index is 2.59. The van der Waals surface area contributed by atoms with Crippen molar-refractivity contribution in [1.29, 1.82) is 0 Å². The van der Waals surface area contributed by atoms with Crippen LogP contribution in [0.2, 0.25) is 0 Å². The molecule has 0 aliphatic rings. The number of amides is 1. The number of hydrogen-bond acceptors (Lipinski definition) is 2. The van der Waals surface area contributed by atoms with Crippen molar-refractivity contribution in [3.8, 4) is 0 Å². The van der Waals surface area contributed by atoms with Crippen LogP contribution in [0, 0.1) is 0 Å². The Kier molecular flexibility index (Phi) is 5.65. The van der Waals surface area contributed by atoms with Gasteiger partial charge in [-0.05, 0) is 38.2 Å². The Morgan fingerprint density at radius 2 is 1.94 bits per heavy atom.